The molecular weight excluding hydrogens is 470 g/mol. The van der Waals surface area contributed by atoms with E-state index < -0.39 is 6.03 Å². The van der Waals surface area contributed by atoms with Gasteiger partial charge in [-0.2, -0.15) is 5.26 Å². The topological polar surface area (TPSA) is 122 Å². The molecule has 0 bridgehead atoms. The van der Waals surface area contributed by atoms with Gasteiger partial charge in [0.2, 0.25) is 0 Å². The quantitative estimate of drug-likeness (QED) is 0.327. The van der Waals surface area contributed by atoms with Crippen molar-refractivity contribution in [2.24, 2.45) is 0 Å². The Hall–Kier alpha value is -4.29. The van der Waals surface area contributed by atoms with Gasteiger partial charge in [0.05, 0.1) is 28.9 Å². The van der Waals surface area contributed by atoms with Crippen LogP contribution in [0.1, 0.15) is 32.1 Å². The maximum Gasteiger partial charge on any atom is 0.324 e. The SMILES string of the molecule is COc1cc2nccc(Oc3ccc(NC(=O)Nc4cc(C(C)(C)C)on4)c(Cl)c3)c2cc1C#N. The second-order valence-corrected chi connectivity index (χ2v) is 9.05. The van der Waals surface area contributed by atoms with Crippen LogP contribution in [0.5, 0.6) is 17.2 Å². The lowest BCUT2D eigenvalue weighted by Gasteiger charge is -2.12. The number of carbonyl (C=O) groups is 1. The Morgan fingerprint density at radius 3 is 2.57 bits per heavy atom. The molecule has 0 atom stereocenters. The smallest absolute Gasteiger partial charge is 0.324 e. The number of anilines is 2. The summed E-state index contributed by atoms with van der Waals surface area (Å²) in [6.45, 7) is 5.94. The first-order valence-corrected chi connectivity index (χ1v) is 10.9. The van der Waals surface area contributed by atoms with Crippen molar-refractivity contribution in [3.05, 3.63) is 65.0 Å². The van der Waals surface area contributed by atoms with Crippen molar-refractivity contribution in [3.8, 4) is 23.3 Å². The van der Waals surface area contributed by atoms with Crippen LogP contribution < -0.4 is 20.1 Å². The zero-order valence-corrected chi connectivity index (χ0v) is 20.2. The summed E-state index contributed by atoms with van der Waals surface area (Å²) < 4.78 is 16.5. The molecule has 0 unspecified atom stereocenters. The molecule has 2 aromatic heterocycles. The van der Waals surface area contributed by atoms with Crippen LogP contribution in [0, 0.1) is 11.3 Å². The number of nitrogens with one attached hydrogen (secondary N) is 2. The molecule has 4 rings (SSSR count). The molecule has 0 radical (unpaired) electrons. The number of hydrogen-bond donors (Lipinski definition) is 2. The van der Waals surface area contributed by atoms with E-state index in [1.807, 2.05) is 20.8 Å². The van der Waals surface area contributed by atoms with Crippen molar-refractivity contribution in [1.82, 2.24) is 10.1 Å². The number of fused-ring (bicyclic) bond motifs is 1. The van der Waals surface area contributed by atoms with Crippen LogP contribution in [-0.4, -0.2) is 23.3 Å². The Labute approximate surface area is 206 Å². The first-order valence-electron chi connectivity index (χ1n) is 10.6. The lowest BCUT2D eigenvalue weighted by atomic mass is 9.93. The van der Waals surface area contributed by atoms with Crippen molar-refractivity contribution in [2.75, 3.05) is 17.7 Å². The Bertz CT molecular complexity index is 1450. The van der Waals surface area contributed by atoms with E-state index in [1.54, 1.807) is 48.7 Å². The Kier molecular flexibility index (Phi) is 6.49. The molecule has 2 heterocycles. The molecule has 178 valence electrons. The van der Waals surface area contributed by atoms with Crippen molar-refractivity contribution >= 4 is 40.0 Å². The van der Waals surface area contributed by atoms with Crippen LogP contribution in [0.2, 0.25) is 5.02 Å². The number of halogens is 1. The largest absolute Gasteiger partial charge is 0.495 e. The molecule has 0 spiro atoms. The lowest BCUT2D eigenvalue weighted by Crippen LogP contribution is -2.19. The van der Waals surface area contributed by atoms with Gasteiger partial charge >= 0.3 is 6.03 Å². The molecule has 0 aliphatic rings. The number of amides is 2. The van der Waals surface area contributed by atoms with Crippen LogP contribution in [0.15, 0.2) is 53.2 Å². The highest BCUT2D eigenvalue weighted by atomic mass is 35.5. The third-order valence-corrected chi connectivity index (χ3v) is 5.36. The van der Waals surface area contributed by atoms with Gasteiger partial charge in [-0.1, -0.05) is 37.5 Å². The molecule has 2 N–H and O–H groups in total. The van der Waals surface area contributed by atoms with E-state index in [9.17, 15) is 10.1 Å². The second-order valence-electron chi connectivity index (χ2n) is 8.64. The molecule has 10 heteroatoms. The standard InChI is InChI=1S/C25H22ClN5O4/c1-25(2,3)22-12-23(31-35-22)30-24(32)29-18-6-5-15(10-17(18)26)34-20-7-8-28-19-11-21(33-4)14(13-27)9-16(19)20/h5-12H,1-4H3,(H2,29,30,31,32). The minimum absolute atomic E-state index is 0.231. The molecular formula is C25H22ClN5O4. The zero-order valence-electron chi connectivity index (χ0n) is 19.5. The lowest BCUT2D eigenvalue weighted by molar-refractivity contribution is 0.262. The number of hydrogen-bond acceptors (Lipinski definition) is 7. The van der Waals surface area contributed by atoms with Crippen LogP contribution in [-0.2, 0) is 5.41 Å². The second kappa shape index (κ2) is 9.52. The molecule has 0 saturated carbocycles. The summed E-state index contributed by atoms with van der Waals surface area (Å²) in [7, 11) is 1.50. The van der Waals surface area contributed by atoms with Crippen LogP contribution in [0.25, 0.3) is 10.9 Å². The van der Waals surface area contributed by atoms with Gasteiger partial charge in [0.25, 0.3) is 0 Å². The van der Waals surface area contributed by atoms with Gasteiger partial charge in [-0.25, -0.2) is 4.79 Å². The third-order valence-electron chi connectivity index (χ3n) is 5.05. The Morgan fingerprint density at radius 2 is 1.91 bits per heavy atom. The van der Waals surface area contributed by atoms with Gasteiger partial charge in [0.1, 0.15) is 29.1 Å². The summed E-state index contributed by atoms with van der Waals surface area (Å²) >= 11 is 6.38. The molecule has 9 nitrogen and oxygen atoms in total. The molecule has 0 aliphatic carbocycles. The van der Waals surface area contributed by atoms with E-state index >= 15 is 0 Å². The van der Waals surface area contributed by atoms with Crippen LogP contribution in [0.4, 0.5) is 16.3 Å². The van der Waals surface area contributed by atoms with Gasteiger partial charge in [0.15, 0.2) is 5.82 Å². The fourth-order valence-electron chi connectivity index (χ4n) is 3.24. The molecule has 4 aromatic rings. The number of carbonyl (C=O) groups excluding carboxylic acids is 1. The first-order chi connectivity index (χ1) is 16.7. The monoisotopic (exact) mass is 491 g/mol. The molecule has 0 aliphatic heterocycles. The number of benzene rings is 2. The summed E-state index contributed by atoms with van der Waals surface area (Å²) in [5, 5.41) is 19.5. The summed E-state index contributed by atoms with van der Waals surface area (Å²) in [5.41, 5.74) is 1.13. The highest BCUT2D eigenvalue weighted by molar-refractivity contribution is 6.34. The minimum Gasteiger partial charge on any atom is -0.495 e. The van der Waals surface area contributed by atoms with E-state index in [-0.39, 0.29) is 10.4 Å². The fraction of sp³-hybridized carbons (Fsp3) is 0.200. The summed E-state index contributed by atoms with van der Waals surface area (Å²) in [6.07, 6.45) is 1.60. The van der Waals surface area contributed by atoms with Gasteiger partial charge in [-0.3, -0.25) is 10.3 Å². The molecule has 2 amide bonds. The van der Waals surface area contributed by atoms with E-state index in [0.29, 0.717) is 51.0 Å². The molecule has 35 heavy (non-hydrogen) atoms. The third kappa shape index (κ3) is 5.28. The number of aromatic nitrogens is 2. The number of rotatable bonds is 5. The number of methoxy groups -OCH3 is 1. The van der Waals surface area contributed by atoms with Crippen LogP contribution >= 0.6 is 11.6 Å². The minimum atomic E-state index is -0.521. The first kappa shape index (κ1) is 23.9. The van der Waals surface area contributed by atoms with Gasteiger partial charge in [-0.15, -0.1) is 0 Å². The molecule has 2 aromatic carbocycles. The normalized spacial score (nSPS) is 11.1. The fourth-order valence-corrected chi connectivity index (χ4v) is 3.46. The van der Waals surface area contributed by atoms with E-state index in [1.165, 1.54) is 7.11 Å². The van der Waals surface area contributed by atoms with Crippen molar-refractivity contribution in [1.29, 1.82) is 5.26 Å². The summed E-state index contributed by atoms with van der Waals surface area (Å²) in [6, 6.07) is 13.1. The van der Waals surface area contributed by atoms with E-state index in [2.05, 4.69) is 26.8 Å². The average Bonchev–Trinajstić information content (AvgIpc) is 3.29. The Balaban J connectivity index is 1.50. The number of urea groups is 1. The number of nitrogens with zero attached hydrogens (tertiary/aromatic N) is 3. The highest BCUT2D eigenvalue weighted by Gasteiger charge is 2.20. The van der Waals surface area contributed by atoms with Crippen molar-refractivity contribution in [3.63, 3.8) is 0 Å². The Morgan fingerprint density at radius 1 is 1.11 bits per heavy atom. The highest BCUT2D eigenvalue weighted by Crippen LogP contribution is 2.35. The average molecular weight is 492 g/mol. The van der Waals surface area contributed by atoms with Gasteiger partial charge in [-0.05, 0) is 24.3 Å². The van der Waals surface area contributed by atoms with E-state index in [4.69, 9.17) is 25.6 Å². The van der Waals surface area contributed by atoms with Crippen molar-refractivity contribution < 1.29 is 18.8 Å². The molecule has 0 fully saturated rings. The van der Waals surface area contributed by atoms with E-state index in [0.717, 1.165) is 0 Å². The number of ether oxygens (including phenoxy) is 2. The predicted octanol–water partition coefficient (Wildman–Crippen LogP) is 6.49. The predicted molar refractivity (Wildman–Crippen MR) is 132 cm³/mol. The van der Waals surface area contributed by atoms with Gasteiger partial charge < -0.3 is 19.3 Å². The summed E-state index contributed by atoms with van der Waals surface area (Å²) in [4.78, 5) is 16.7. The van der Waals surface area contributed by atoms with Crippen LogP contribution in [0.3, 0.4) is 0 Å². The maximum absolute atomic E-state index is 12.4. The van der Waals surface area contributed by atoms with Crippen molar-refractivity contribution in [2.45, 2.75) is 26.2 Å². The zero-order chi connectivity index (χ0) is 25.2. The maximum atomic E-state index is 12.4. The molecule has 0 saturated heterocycles. The number of pyridine rings is 1. The van der Waals surface area contributed by atoms with Gasteiger partial charge in [0, 0.05) is 35.2 Å². The summed E-state index contributed by atoms with van der Waals surface area (Å²) in [5.74, 6) is 2.30. The number of nitriles is 1.